The van der Waals surface area contributed by atoms with E-state index in [1.165, 1.54) is 0 Å². The fourth-order valence-electron chi connectivity index (χ4n) is 3.38. The van der Waals surface area contributed by atoms with E-state index in [1.807, 2.05) is 36.2 Å². The van der Waals surface area contributed by atoms with Gasteiger partial charge in [-0.1, -0.05) is 0 Å². The van der Waals surface area contributed by atoms with Gasteiger partial charge in [-0.3, -0.25) is 9.59 Å². The fourth-order valence-corrected chi connectivity index (χ4v) is 3.38. The summed E-state index contributed by atoms with van der Waals surface area (Å²) < 4.78 is 5.15. The maximum Gasteiger partial charge on any atom is 0.264 e. The SMILES string of the molecule is COc1ccc(N=C(C=O)C(CCN(C)c2ccc(NCCCN(C)C)cc2)=C(N)C(N)=O)cc1. The van der Waals surface area contributed by atoms with Crippen LogP contribution in [0.2, 0.25) is 0 Å². The van der Waals surface area contributed by atoms with Crippen LogP contribution in [0.5, 0.6) is 5.75 Å². The molecule has 2 aromatic carbocycles. The molecule has 9 heteroatoms. The van der Waals surface area contributed by atoms with Gasteiger partial charge in [-0.2, -0.15) is 0 Å². The molecule has 0 heterocycles. The second-order valence-corrected chi connectivity index (χ2v) is 8.37. The van der Waals surface area contributed by atoms with Crippen LogP contribution in [0.4, 0.5) is 17.1 Å². The van der Waals surface area contributed by atoms with Gasteiger partial charge in [0.05, 0.1) is 12.8 Å². The number of primary amides is 1. The molecule has 0 bridgehead atoms. The summed E-state index contributed by atoms with van der Waals surface area (Å²) in [6.45, 7) is 2.42. The summed E-state index contributed by atoms with van der Waals surface area (Å²) in [6, 6.07) is 15.0. The Balaban J connectivity index is 2.11. The molecule has 1 amide bonds. The summed E-state index contributed by atoms with van der Waals surface area (Å²) >= 11 is 0. The van der Waals surface area contributed by atoms with E-state index in [-0.39, 0.29) is 11.4 Å². The fraction of sp³-hybridized carbons (Fsp3) is 0.346. The van der Waals surface area contributed by atoms with E-state index in [9.17, 15) is 9.59 Å². The van der Waals surface area contributed by atoms with Crippen LogP contribution in [0.1, 0.15) is 12.8 Å². The zero-order valence-electron chi connectivity index (χ0n) is 21.0. The minimum atomic E-state index is -0.795. The van der Waals surface area contributed by atoms with Crippen molar-refractivity contribution in [3.63, 3.8) is 0 Å². The highest BCUT2D eigenvalue weighted by Gasteiger charge is 2.16. The predicted octanol–water partition coefficient (Wildman–Crippen LogP) is 2.55. The number of aldehydes is 1. The highest BCUT2D eigenvalue weighted by atomic mass is 16.5. The van der Waals surface area contributed by atoms with Gasteiger partial charge < -0.3 is 31.3 Å². The second kappa shape index (κ2) is 13.8. The van der Waals surface area contributed by atoms with E-state index in [4.69, 9.17) is 16.2 Å². The van der Waals surface area contributed by atoms with Crippen LogP contribution in [0.15, 0.2) is 64.8 Å². The van der Waals surface area contributed by atoms with Crippen LogP contribution in [0, 0.1) is 0 Å². The molecule has 2 aromatic rings. The first kappa shape index (κ1) is 27.4. The number of nitrogens with two attached hydrogens (primary N) is 2. The Morgan fingerprint density at radius 2 is 1.69 bits per heavy atom. The number of anilines is 2. The first-order valence-corrected chi connectivity index (χ1v) is 11.4. The quantitative estimate of drug-likeness (QED) is 0.164. The Hall–Kier alpha value is -3.85. The van der Waals surface area contributed by atoms with Crippen LogP contribution >= 0.6 is 0 Å². The average Bonchev–Trinajstić information content (AvgIpc) is 2.86. The topological polar surface area (TPSA) is 126 Å². The van der Waals surface area contributed by atoms with Crippen molar-refractivity contribution in [1.29, 1.82) is 0 Å². The molecule has 0 unspecified atom stereocenters. The third-order valence-electron chi connectivity index (χ3n) is 5.45. The summed E-state index contributed by atoms with van der Waals surface area (Å²) in [7, 11) is 7.62. The van der Waals surface area contributed by atoms with Crippen molar-refractivity contribution in [3.05, 3.63) is 59.8 Å². The van der Waals surface area contributed by atoms with Crippen molar-refractivity contribution >= 4 is 35.0 Å². The Kier molecular flexibility index (Phi) is 10.8. The number of carbonyl (C=O) groups excluding carboxylic acids is 2. The molecular weight excluding hydrogens is 444 g/mol. The maximum absolute atomic E-state index is 11.9. The number of hydrogen-bond acceptors (Lipinski definition) is 8. The van der Waals surface area contributed by atoms with Crippen LogP contribution in [-0.4, -0.2) is 70.7 Å². The standard InChI is InChI=1S/C26H36N6O3/c1-31(2)16-5-15-29-19-6-10-21(11-7-19)32(3)17-14-23(25(27)26(28)34)24(18-33)30-20-8-12-22(35-4)13-9-20/h6-13,18,29H,5,14-17,27H2,1-4H3,(H2,28,34). The van der Waals surface area contributed by atoms with E-state index < -0.39 is 5.91 Å². The molecule has 0 saturated heterocycles. The largest absolute Gasteiger partial charge is 0.497 e. The number of rotatable bonds is 14. The minimum Gasteiger partial charge on any atom is -0.497 e. The van der Waals surface area contributed by atoms with Gasteiger partial charge in [-0.15, -0.1) is 0 Å². The van der Waals surface area contributed by atoms with E-state index in [0.29, 0.717) is 36.3 Å². The molecule has 0 radical (unpaired) electrons. The van der Waals surface area contributed by atoms with Crippen molar-refractivity contribution in [2.45, 2.75) is 12.8 Å². The highest BCUT2D eigenvalue weighted by Crippen LogP contribution is 2.21. The van der Waals surface area contributed by atoms with Crippen molar-refractivity contribution in [2.75, 3.05) is 58.1 Å². The Morgan fingerprint density at radius 3 is 2.23 bits per heavy atom. The van der Waals surface area contributed by atoms with Gasteiger partial charge in [0.2, 0.25) is 0 Å². The first-order valence-electron chi connectivity index (χ1n) is 11.4. The smallest absolute Gasteiger partial charge is 0.264 e. The summed E-state index contributed by atoms with van der Waals surface area (Å²) in [5, 5.41) is 3.41. The second-order valence-electron chi connectivity index (χ2n) is 8.37. The van der Waals surface area contributed by atoms with Gasteiger partial charge in [0, 0.05) is 37.1 Å². The number of amides is 1. The molecule has 2 rings (SSSR count). The number of ether oxygens (including phenoxy) is 1. The number of hydrogen-bond donors (Lipinski definition) is 3. The van der Waals surface area contributed by atoms with Gasteiger partial charge in [0.15, 0.2) is 6.29 Å². The van der Waals surface area contributed by atoms with E-state index >= 15 is 0 Å². The van der Waals surface area contributed by atoms with Crippen molar-refractivity contribution in [1.82, 2.24) is 4.90 Å². The summed E-state index contributed by atoms with van der Waals surface area (Å²) in [5.41, 5.74) is 14.2. The zero-order valence-corrected chi connectivity index (χ0v) is 21.0. The van der Waals surface area contributed by atoms with Crippen LogP contribution in [0.3, 0.4) is 0 Å². The minimum absolute atomic E-state index is 0.0668. The van der Waals surface area contributed by atoms with E-state index in [0.717, 1.165) is 30.9 Å². The Morgan fingerprint density at radius 1 is 1.03 bits per heavy atom. The van der Waals surface area contributed by atoms with E-state index in [2.05, 4.69) is 29.3 Å². The predicted molar refractivity (Wildman–Crippen MR) is 143 cm³/mol. The van der Waals surface area contributed by atoms with Gasteiger partial charge in [0.25, 0.3) is 5.91 Å². The van der Waals surface area contributed by atoms with Gasteiger partial charge in [0.1, 0.15) is 17.2 Å². The van der Waals surface area contributed by atoms with Gasteiger partial charge in [-0.25, -0.2) is 4.99 Å². The van der Waals surface area contributed by atoms with Crippen LogP contribution < -0.4 is 26.4 Å². The lowest BCUT2D eigenvalue weighted by Gasteiger charge is -2.21. The molecule has 0 fully saturated rings. The van der Waals surface area contributed by atoms with Gasteiger partial charge >= 0.3 is 0 Å². The summed E-state index contributed by atoms with van der Waals surface area (Å²) in [4.78, 5) is 32.3. The molecule has 0 spiro atoms. The van der Waals surface area contributed by atoms with Crippen LogP contribution in [-0.2, 0) is 9.59 Å². The van der Waals surface area contributed by atoms with E-state index in [1.54, 1.807) is 31.4 Å². The summed E-state index contributed by atoms with van der Waals surface area (Å²) in [6.07, 6.45) is 1.96. The third-order valence-corrected chi connectivity index (χ3v) is 5.45. The van der Waals surface area contributed by atoms with Crippen LogP contribution in [0.25, 0.3) is 0 Å². The maximum atomic E-state index is 11.9. The molecule has 188 valence electrons. The number of carbonyl (C=O) groups is 2. The Bertz CT molecular complexity index is 1030. The molecule has 9 nitrogen and oxygen atoms in total. The molecule has 0 aliphatic heterocycles. The number of benzene rings is 2. The molecule has 0 aliphatic carbocycles. The molecule has 0 atom stereocenters. The molecule has 5 N–H and O–H groups in total. The molecule has 0 aliphatic rings. The van der Waals surface area contributed by atoms with Crippen molar-refractivity contribution < 1.29 is 14.3 Å². The zero-order chi connectivity index (χ0) is 25.8. The number of methoxy groups -OCH3 is 1. The first-order chi connectivity index (χ1) is 16.7. The molecular formula is C26H36N6O3. The van der Waals surface area contributed by atoms with Crippen molar-refractivity contribution in [3.8, 4) is 5.75 Å². The van der Waals surface area contributed by atoms with Crippen molar-refractivity contribution in [2.24, 2.45) is 16.5 Å². The normalized spacial score (nSPS) is 12.2. The molecule has 35 heavy (non-hydrogen) atoms. The number of nitrogens with one attached hydrogen (secondary N) is 1. The molecule has 0 saturated carbocycles. The third kappa shape index (κ3) is 8.78. The number of aliphatic imine (C=N–C) groups is 1. The average molecular weight is 481 g/mol. The lowest BCUT2D eigenvalue weighted by atomic mass is 10.0. The van der Waals surface area contributed by atoms with Gasteiger partial charge in [-0.05, 0) is 82.0 Å². The summed E-state index contributed by atoms with van der Waals surface area (Å²) in [5.74, 6) is -0.128. The molecule has 0 aromatic heterocycles. The highest BCUT2D eigenvalue weighted by molar-refractivity contribution is 6.37. The lowest BCUT2D eigenvalue weighted by Crippen LogP contribution is -2.27. The lowest BCUT2D eigenvalue weighted by molar-refractivity contribution is -0.114. The Labute approximate surface area is 207 Å². The monoisotopic (exact) mass is 480 g/mol. The number of nitrogens with zero attached hydrogens (tertiary/aromatic N) is 3.